The van der Waals surface area contributed by atoms with Crippen molar-refractivity contribution in [1.82, 2.24) is 5.32 Å². The Labute approximate surface area is 102 Å². The van der Waals surface area contributed by atoms with Gasteiger partial charge in [-0.25, -0.2) is 0 Å². The van der Waals surface area contributed by atoms with Crippen LogP contribution >= 0.6 is 0 Å². The monoisotopic (exact) mass is 259 g/mol. The first-order valence-electron chi connectivity index (χ1n) is 5.53. The summed E-state index contributed by atoms with van der Waals surface area (Å²) >= 11 is 0. The highest BCUT2D eigenvalue weighted by molar-refractivity contribution is 5.75. The van der Waals surface area contributed by atoms with Gasteiger partial charge >= 0.3 is 12.1 Å². The van der Waals surface area contributed by atoms with Gasteiger partial charge in [0.15, 0.2) is 0 Å². The van der Waals surface area contributed by atoms with Crippen molar-refractivity contribution in [3.8, 4) is 0 Å². The van der Waals surface area contributed by atoms with Gasteiger partial charge in [-0.1, -0.05) is 18.2 Å². The fraction of sp³-hybridized carbons (Fsp3) is 0.417. The van der Waals surface area contributed by atoms with Gasteiger partial charge < -0.3 is 10.4 Å². The van der Waals surface area contributed by atoms with E-state index in [2.05, 4.69) is 5.32 Å². The maximum Gasteiger partial charge on any atom is 0.416 e. The number of nitrogens with one attached hydrogen (secondary N) is 1. The van der Waals surface area contributed by atoms with Gasteiger partial charge in [-0.2, -0.15) is 13.2 Å². The Morgan fingerprint density at radius 2 is 2.11 bits per heavy atom. The van der Waals surface area contributed by atoms with E-state index < -0.39 is 29.7 Å². The molecule has 2 N–H and O–H groups in total. The predicted molar refractivity (Wildman–Crippen MR) is 58.2 cm³/mol. The zero-order valence-electron chi connectivity index (χ0n) is 9.37. The first-order chi connectivity index (χ1) is 8.39. The molecule has 0 amide bonds. The second-order valence-corrected chi connectivity index (χ2v) is 4.29. The van der Waals surface area contributed by atoms with Gasteiger partial charge in [0.1, 0.15) is 6.04 Å². The van der Waals surface area contributed by atoms with Gasteiger partial charge in [-0.15, -0.1) is 0 Å². The second kappa shape index (κ2) is 4.61. The Bertz CT molecular complexity index is 459. The molecule has 1 aromatic carbocycles. The first kappa shape index (κ1) is 12.9. The Kier molecular flexibility index (Phi) is 3.30. The Morgan fingerprint density at radius 3 is 2.72 bits per heavy atom. The molecule has 1 aromatic rings. The molecular formula is C12H12F3NO2. The molecule has 1 saturated heterocycles. The first-order valence-corrected chi connectivity index (χ1v) is 5.53. The summed E-state index contributed by atoms with van der Waals surface area (Å²) in [4.78, 5) is 11.0. The van der Waals surface area contributed by atoms with Crippen molar-refractivity contribution < 1.29 is 23.1 Å². The summed E-state index contributed by atoms with van der Waals surface area (Å²) in [6.45, 7) is 0.498. The second-order valence-electron chi connectivity index (χ2n) is 4.29. The van der Waals surface area contributed by atoms with Crippen molar-refractivity contribution in [3.63, 3.8) is 0 Å². The molecule has 6 heteroatoms. The third kappa shape index (κ3) is 2.48. The molecule has 0 bridgehead atoms. The minimum absolute atomic E-state index is 0.412. The lowest BCUT2D eigenvalue weighted by Crippen LogP contribution is -2.34. The highest BCUT2D eigenvalue weighted by Gasteiger charge is 2.36. The predicted octanol–water partition coefficient (Wildman–Crippen LogP) is 2.24. The van der Waals surface area contributed by atoms with Crippen LogP contribution in [0, 0.1) is 0 Å². The molecule has 98 valence electrons. The van der Waals surface area contributed by atoms with Crippen molar-refractivity contribution in [3.05, 3.63) is 35.4 Å². The molecule has 0 unspecified atom stereocenters. The summed E-state index contributed by atoms with van der Waals surface area (Å²) < 4.78 is 37.7. The Balaban J connectivity index is 2.31. The molecule has 0 aromatic heterocycles. The van der Waals surface area contributed by atoms with Gasteiger partial charge in [0.25, 0.3) is 0 Å². The smallest absolute Gasteiger partial charge is 0.416 e. The van der Waals surface area contributed by atoms with Crippen LogP contribution in [0.4, 0.5) is 13.2 Å². The lowest BCUT2D eigenvalue weighted by molar-refractivity contribution is -0.139. The van der Waals surface area contributed by atoms with Crippen molar-refractivity contribution in [2.45, 2.75) is 24.6 Å². The standard InChI is InChI=1S/C12H12F3NO2/c13-12(14,15)8-3-1-2-7(6-8)9-4-5-16-10(9)11(17)18/h1-3,6,9-10,16H,4-5H2,(H,17,18)/t9-,10+/m0/s1. The molecular weight excluding hydrogens is 247 g/mol. The summed E-state index contributed by atoms with van der Waals surface area (Å²) in [6.07, 6.45) is -3.88. The van der Waals surface area contributed by atoms with Gasteiger partial charge in [0.2, 0.25) is 0 Å². The minimum atomic E-state index is -4.40. The number of rotatable bonds is 2. The van der Waals surface area contributed by atoms with Gasteiger partial charge in [-0.05, 0) is 24.6 Å². The quantitative estimate of drug-likeness (QED) is 0.856. The number of benzene rings is 1. The maximum atomic E-state index is 12.6. The summed E-state index contributed by atoms with van der Waals surface area (Å²) in [5.41, 5.74) is -0.321. The van der Waals surface area contributed by atoms with Crippen molar-refractivity contribution >= 4 is 5.97 Å². The van der Waals surface area contributed by atoms with Crippen LogP contribution in [-0.4, -0.2) is 23.7 Å². The van der Waals surface area contributed by atoms with E-state index in [4.69, 9.17) is 5.11 Å². The van der Waals surface area contributed by atoms with Crippen LogP contribution in [0.3, 0.4) is 0 Å². The van der Waals surface area contributed by atoms with Gasteiger partial charge in [0.05, 0.1) is 5.56 Å². The number of hydrogen-bond acceptors (Lipinski definition) is 2. The average Bonchev–Trinajstić information content (AvgIpc) is 2.77. The lowest BCUT2D eigenvalue weighted by Gasteiger charge is -2.17. The number of hydrogen-bond donors (Lipinski definition) is 2. The van der Waals surface area contributed by atoms with E-state index in [1.807, 2.05) is 0 Å². The van der Waals surface area contributed by atoms with E-state index in [0.29, 0.717) is 18.5 Å². The van der Waals surface area contributed by atoms with Crippen LogP contribution in [0.1, 0.15) is 23.5 Å². The summed E-state index contributed by atoms with van der Waals surface area (Å²) in [5, 5.41) is 11.8. The normalized spacial score (nSPS) is 24.2. The lowest BCUT2D eigenvalue weighted by atomic mass is 9.91. The van der Waals surface area contributed by atoms with Crippen LogP contribution < -0.4 is 5.32 Å². The summed E-state index contributed by atoms with van der Waals surface area (Å²) in [6, 6.07) is 4.07. The highest BCUT2D eigenvalue weighted by atomic mass is 19.4. The topological polar surface area (TPSA) is 49.3 Å². The number of carbonyl (C=O) groups is 1. The van der Waals surface area contributed by atoms with Crippen LogP contribution in [0.2, 0.25) is 0 Å². The van der Waals surface area contributed by atoms with E-state index in [-0.39, 0.29) is 0 Å². The van der Waals surface area contributed by atoms with Crippen LogP contribution in [-0.2, 0) is 11.0 Å². The molecule has 2 atom stereocenters. The maximum absolute atomic E-state index is 12.6. The van der Waals surface area contributed by atoms with Crippen molar-refractivity contribution in [2.75, 3.05) is 6.54 Å². The third-order valence-corrected chi connectivity index (χ3v) is 3.13. The molecule has 18 heavy (non-hydrogen) atoms. The minimum Gasteiger partial charge on any atom is -0.480 e. The molecule has 0 aliphatic carbocycles. The summed E-state index contributed by atoms with van der Waals surface area (Å²) in [5.74, 6) is -1.44. The Hall–Kier alpha value is -1.56. The molecule has 2 rings (SSSR count). The fourth-order valence-electron chi connectivity index (χ4n) is 2.27. The zero-order valence-corrected chi connectivity index (χ0v) is 9.37. The molecule has 3 nitrogen and oxygen atoms in total. The Morgan fingerprint density at radius 1 is 1.39 bits per heavy atom. The van der Waals surface area contributed by atoms with Gasteiger partial charge in [0, 0.05) is 5.92 Å². The highest BCUT2D eigenvalue weighted by Crippen LogP contribution is 2.34. The number of alkyl halides is 3. The van der Waals surface area contributed by atoms with E-state index in [1.54, 1.807) is 6.07 Å². The average molecular weight is 259 g/mol. The van der Waals surface area contributed by atoms with Gasteiger partial charge in [-0.3, -0.25) is 4.79 Å². The third-order valence-electron chi connectivity index (χ3n) is 3.13. The number of aliphatic carboxylic acids is 1. The molecule has 0 saturated carbocycles. The molecule has 1 fully saturated rings. The SMILES string of the molecule is O=C(O)[C@@H]1NCC[C@H]1c1cccc(C(F)(F)F)c1. The molecule has 0 spiro atoms. The zero-order chi connectivity index (χ0) is 13.3. The number of carboxylic acid groups (broad SMARTS) is 1. The van der Waals surface area contributed by atoms with Crippen LogP contribution in [0.25, 0.3) is 0 Å². The number of carboxylic acids is 1. The summed E-state index contributed by atoms with van der Waals surface area (Å²) in [7, 11) is 0. The van der Waals surface area contributed by atoms with Crippen LogP contribution in [0.5, 0.6) is 0 Å². The molecule has 1 aliphatic heterocycles. The van der Waals surface area contributed by atoms with E-state index in [1.165, 1.54) is 6.07 Å². The number of halogens is 3. The largest absolute Gasteiger partial charge is 0.480 e. The fourth-order valence-corrected chi connectivity index (χ4v) is 2.27. The van der Waals surface area contributed by atoms with Crippen molar-refractivity contribution in [2.24, 2.45) is 0 Å². The van der Waals surface area contributed by atoms with E-state index in [9.17, 15) is 18.0 Å². The van der Waals surface area contributed by atoms with Crippen LogP contribution in [0.15, 0.2) is 24.3 Å². The van der Waals surface area contributed by atoms with E-state index in [0.717, 1.165) is 12.1 Å². The molecule has 0 radical (unpaired) electrons. The molecule has 1 heterocycles. The van der Waals surface area contributed by atoms with E-state index >= 15 is 0 Å². The molecule has 1 aliphatic rings. The van der Waals surface area contributed by atoms with Crippen molar-refractivity contribution in [1.29, 1.82) is 0 Å².